The van der Waals surface area contributed by atoms with Gasteiger partial charge in [-0.15, -0.1) is 0 Å². The Morgan fingerprint density at radius 3 is 2.72 bits per heavy atom. The number of likely N-dealkylation sites (tertiary alicyclic amines) is 1. The van der Waals surface area contributed by atoms with Crippen molar-refractivity contribution in [3.05, 3.63) is 66.4 Å². The van der Waals surface area contributed by atoms with Gasteiger partial charge in [-0.1, -0.05) is 36.4 Å². The van der Waals surface area contributed by atoms with Crippen molar-refractivity contribution >= 4 is 5.96 Å². The molecule has 3 rings (SSSR count). The third-order valence-electron chi connectivity index (χ3n) is 5.07. The third-order valence-corrected chi connectivity index (χ3v) is 5.07. The number of guanidine groups is 1. The average molecular weight is 392 g/mol. The van der Waals surface area contributed by atoms with Crippen LogP contribution in [-0.4, -0.2) is 48.1 Å². The van der Waals surface area contributed by atoms with Gasteiger partial charge in [0.25, 0.3) is 0 Å². The summed E-state index contributed by atoms with van der Waals surface area (Å²) < 4.78 is 0. The summed E-state index contributed by atoms with van der Waals surface area (Å²) in [5.74, 6) is 0.897. The van der Waals surface area contributed by atoms with Gasteiger partial charge < -0.3 is 10.6 Å². The molecule has 2 N–H and O–H groups in total. The first kappa shape index (κ1) is 21.1. The van der Waals surface area contributed by atoms with Gasteiger partial charge in [0.1, 0.15) is 0 Å². The van der Waals surface area contributed by atoms with Crippen LogP contribution in [-0.2, 0) is 6.54 Å². The number of aromatic nitrogens is 1. The molecule has 29 heavy (non-hydrogen) atoms. The Bertz CT molecular complexity index is 807. The average Bonchev–Trinajstić information content (AvgIpc) is 2.74. The second-order valence-corrected chi connectivity index (χ2v) is 7.76. The highest BCUT2D eigenvalue weighted by Gasteiger charge is 2.19. The monoisotopic (exact) mass is 391 g/mol. The molecule has 2 aromatic rings. The molecule has 0 amide bonds. The molecule has 0 unspecified atom stereocenters. The molecule has 0 spiro atoms. The fourth-order valence-corrected chi connectivity index (χ4v) is 3.66. The van der Waals surface area contributed by atoms with Crippen LogP contribution in [0.4, 0.5) is 0 Å². The van der Waals surface area contributed by atoms with Crippen LogP contribution in [0.3, 0.4) is 0 Å². The Morgan fingerprint density at radius 2 is 2.03 bits per heavy atom. The van der Waals surface area contributed by atoms with Gasteiger partial charge in [0, 0.05) is 44.0 Å². The number of pyridine rings is 1. The molecule has 2 heterocycles. The van der Waals surface area contributed by atoms with Crippen LogP contribution >= 0.6 is 0 Å². The van der Waals surface area contributed by atoms with Crippen LogP contribution in [0.15, 0.2) is 65.8 Å². The van der Waals surface area contributed by atoms with Crippen LogP contribution in [0.25, 0.3) is 11.3 Å². The predicted molar refractivity (Wildman–Crippen MR) is 122 cm³/mol. The minimum Gasteiger partial charge on any atom is -0.357 e. The molecule has 154 valence electrons. The van der Waals surface area contributed by atoms with Crippen molar-refractivity contribution in [3.63, 3.8) is 0 Å². The quantitative estimate of drug-likeness (QED) is 0.428. The molecule has 1 aromatic heterocycles. The molecule has 0 bridgehead atoms. The standard InChI is InChI=1S/C24H33N5/c1-4-25-24(28-22-11-14-29(15-12-22)18-19(2)3)27-17-20-8-7-9-21(16-20)23-10-5-6-13-26-23/h5-10,13,16,22H,2,4,11-12,14-15,17-18H2,1,3H3,(H2,25,27,28). The number of hydrogen-bond donors (Lipinski definition) is 2. The van der Waals surface area contributed by atoms with Crippen LogP contribution in [0.1, 0.15) is 32.3 Å². The van der Waals surface area contributed by atoms with Crippen LogP contribution in [0.2, 0.25) is 0 Å². The summed E-state index contributed by atoms with van der Waals surface area (Å²) in [6.07, 6.45) is 4.09. The van der Waals surface area contributed by atoms with Crippen molar-refractivity contribution in [2.24, 2.45) is 4.99 Å². The summed E-state index contributed by atoms with van der Waals surface area (Å²) in [5.41, 5.74) is 4.53. The zero-order valence-electron chi connectivity index (χ0n) is 17.7. The Morgan fingerprint density at radius 1 is 1.21 bits per heavy atom. The lowest BCUT2D eigenvalue weighted by Crippen LogP contribution is -2.48. The maximum atomic E-state index is 4.83. The molecule has 0 aliphatic carbocycles. The van der Waals surface area contributed by atoms with Gasteiger partial charge in [-0.05, 0) is 50.5 Å². The molecule has 0 saturated carbocycles. The summed E-state index contributed by atoms with van der Waals surface area (Å²) in [6.45, 7) is 13.0. The van der Waals surface area contributed by atoms with E-state index in [0.717, 1.165) is 56.2 Å². The Kier molecular flexibility index (Phi) is 7.82. The highest BCUT2D eigenvalue weighted by molar-refractivity contribution is 5.80. The van der Waals surface area contributed by atoms with Crippen molar-refractivity contribution < 1.29 is 0 Å². The molecule has 1 aromatic carbocycles. The summed E-state index contributed by atoms with van der Waals surface area (Å²) >= 11 is 0. The highest BCUT2D eigenvalue weighted by atomic mass is 15.2. The number of hydrogen-bond acceptors (Lipinski definition) is 3. The lowest BCUT2D eigenvalue weighted by Gasteiger charge is -2.33. The fourth-order valence-electron chi connectivity index (χ4n) is 3.66. The normalized spacial score (nSPS) is 15.9. The van der Waals surface area contributed by atoms with Crippen molar-refractivity contribution in [2.75, 3.05) is 26.2 Å². The van der Waals surface area contributed by atoms with Gasteiger partial charge in [-0.2, -0.15) is 0 Å². The van der Waals surface area contributed by atoms with Crippen LogP contribution < -0.4 is 10.6 Å². The molecule has 1 fully saturated rings. The molecule has 0 radical (unpaired) electrons. The van der Waals surface area contributed by atoms with Crippen molar-refractivity contribution in [1.82, 2.24) is 20.5 Å². The second-order valence-electron chi connectivity index (χ2n) is 7.76. The zero-order chi connectivity index (χ0) is 20.5. The predicted octanol–water partition coefficient (Wildman–Crippen LogP) is 3.84. The van der Waals surface area contributed by atoms with E-state index in [9.17, 15) is 0 Å². The zero-order valence-corrected chi connectivity index (χ0v) is 17.7. The van der Waals surface area contributed by atoms with E-state index >= 15 is 0 Å². The summed E-state index contributed by atoms with van der Waals surface area (Å²) in [4.78, 5) is 11.8. The lowest BCUT2D eigenvalue weighted by atomic mass is 10.0. The largest absolute Gasteiger partial charge is 0.357 e. The Hall–Kier alpha value is -2.66. The van der Waals surface area contributed by atoms with E-state index in [4.69, 9.17) is 4.99 Å². The molecule has 1 saturated heterocycles. The summed E-state index contributed by atoms with van der Waals surface area (Å²) in [5, 5.41) is 7.01. The SMILES string of the molecule is C=C(C)CN1CCC(NC(=NCc2cccc(-c3ccccn3)c2)NCC)CC1. The van der Waals surface area contributed by atoms with Crippen LogP contribution in [0, 0.1) is 0 Å². The molecule has 5 heteroatoms. The van der Waals surface area contributed by atoms with Gasteiger partial charge in [-0.25, -0.2) is 4.99 Å². The number of nitrogens with zero attached hydrogens (tertiary/aromatic N) is 3. The lowest BCUT2D eigenvalue weighted by molar-refractivity contribution is 0.221. The molecule has 5 nitrogen and oxygen atoms in total. The van der Waals surface area contributed by atoms with E-state index in [-0.39, 0.29) is 0 Å². The van der Waals surface area contributed by atoms with E-state index in [1.807, 2.05) is 24.4 Å². The number of aliphatic imine (C=N–C) groups is 1. The van der Waals surface area contributed by atoms with E-state index in [0.29, 0.717) is 12.6 Å². The summed E-state index contributed by atoms with van der Waals surface area (Å²) in [6, 6.07) is 14.9. The molecule has 1 aliphatic heterocycles. The van der Waals surface area contributed by atoms with Gasteiger partial charge in [-0.3, -0.25) is 9.88 Å². The molecule has 0 atom stereocenters. The number of rotatable bonds is 7. The van der Waals surface area contributed by atoms with Gasteiger partial charge in [0.15, 0.2) is 5.96 Å². The van der Waals surface area contributed by atoms with Gasteiger partial charge in [0.2, 0.25) is 0 Å². The van der Waals surface area contributed by atoms with E-state index < -0.39 is 0 Å². The number of benzene rings is 1. The van der Waals surface area contributed by atoms with Gasteiger partial charge >= 0.3 is 0 Å². The maximum Gasteiger partial charge on any atom is 0.191 e. The van der Waals surface area contributed by atoms with Gasteiger partial charge in [0.05, 0.1) is 12.2 Å². The first-order chi connectivity index (χ1) is 14.1. The Labute approximate surface area is 175 Å². The first-order valence-corrected chi connectivity index (χ1v) is 10.6. The first-order valence-electron chi connectivity index (χ1n) is 10.6. The maximum absolute atomic E-state index is 4.83. The fraction of sp³-hybridized carbons (Fsp3) is 0.417. The topological polar surface area (TPSA) is 52.5 Å². The van der Waals surface area contributed by atoms with Crippen molar-refractivity contribution in [3.8, 4) is 11.3 Å². The highest BCUT2D eigenvalue weighted by Crippen LogP contribution is 2.18. The molecular formula is C24H33N5. The van der Waals surface area contributed by atoms with Crippen molar-refractivity contribution in [1.29, 1.82) is 0 Å². The Balaban J connectivity index is 1.59. The number of piperidine rings is 1. The molecular weight excluding hydrogens is 358 g/mol. The smallest absolute Gasteiger partial charge is 0.191 e. The van der Waals surface area contributed by atoms with E-state index in [2.05, 4.69) is 65.2 Å². The minimum absolute atomic E-state index is 0.467. The van der Waals surface area contributed by atoms with Crippen LogP contribution in [0.5, 0.6) is 0 Å². The second kappa shape index (κ2) is 10.8. The third kappa shape index (κ3) is 6.71. The van der Waals surface area contributed by atoms with E-state index in [1.165, 1.54) is 11.1 Å². The summed E-state index contributed by atoms with van der Waals surface area (Å²) in [7, 11) is 0. The minimum atomic E-state index is 0.467. The number of nitrogens with one attached hydrogen (secondary N) is 2. The van der Waals surface area contributed by atoms with E-state index in [1.54, 1.807) is 0 Å². The molecule has 1 aliphatic rings. The van der Waals surface area contributed by atoms with Crippen molar-refractivity contribution in [2.45, 2.75) is 39.3 Å².